The molecule has 2 aliphatic heterocycles. The Morgan fingerprint density at radius 2 is 1.89 bits per heavy atom. The number of anilines is 1. The Hall–Kier alpha value is -2.43. The van der Waals surface area contributed by atoms with Crippen molar-refractivity contribution in [2.24, 2.45) is 0 Å². The van der Waals surface area contributed by atoms with Gasteiger partial charge < -0.3 is 14.6 Å². The van der Waals surface area contributed by atoms with Crippen molar-refractivity contribution in [3.63, 3.8) is 0 Å². The van der Waals surface area contributed by atoms with Gasteiger partial charge >= 0.3 is 5.97 Å². The zero-order valence-corrected chi connectivity index (χ0v) is 22.7. The van der Waals surface area contributed by atoms with E-state index in [9.17, 15) is 27.4 Å². The van der Waals surface area contributed by atoms with Crippen LogP contribution in [0.3, 0.4) is 0 Å². The van der Waals surface area contributed by atoms with Gasteiger partial charge in [-0.15, -0.1) is 11.3 Å². The normalized spacial score (nSPS) is 19.1. The van der Waals surface area contributed by atoms with Gasteiger partial charge in [-0.1, -0.05) is 47.9 Å². The molecular weight excluding hydrogens is 567 g/mol. The van der Waals surface area contributed by atoms with Crippen molar-refractivity contribution in [2.75, 3.05) is 23.7 Å². The summed E-state index contributed by atoms with van der Waals surface area (Å²) in [5, 5.41) is 9.71. The summed E-state index contributed by atoms with van der Waals surface area (Å²) in [7, 11) is -4.43. The van der Waals surface area contributed by atoms with Crippen LogP contribution < -0.4 is 19.7 Å². The standard InChI is InChI=1S/C21H19N3O7S5/c1-2-22-18(27)14(34-20(22)17-19(28)24(11-16(25)26)21(32)35-17)7-8-15-23(9-10-36(29,30)31)12-5-3-4-6-13(12)33-15/h3-8H,2,9-11H2,1H3,(H,25,26)(H,29,30,31)/p-1/b14-7-,15-8-,20-17+. The summed E-state index contributed by atoms with van der Waals surface area (Å²) in [6.45, 7) is 1.44. The summed E-state index contributed by atoms with van der Waals surface area (Å²) >= 11 is 8.59. The Bertz CT molecular complexity index is 1590. The van der Waals surface area contributed by atoms with Crippen molar-refractivity contribution in [1.29, 1.82) is 0 Å². The Morgan fingerprint density at radius 3 is 2.56 bits per heavy atom. The third-order valence-electron chi connectivity index (χ3n) is 5.14. The second kappa shape index (κ2) is 10.5. The molecule has 1 aromatic carbocycles. The first kappa shape index (κ1) is 26.6. The van der Waals surface area contributed by atoms with Crippen LogP contribution >= 0.6 is 47.1 Å². The van der Waals surface area contributed by atoms with Crippen LogP contribution in [0.15, 0.2) is 45.1 Å². The Morgan fingerprint density at radius 1 is 1.17 bits per heavy atom. The van der Waals surface area contributed by atoms with E-state index in [4.69, 9.17) is 17.3 Å². The second-order valence-corrected chi connectivity index (χ2v) is 12.7. The molecular formula is C21H18N3O7S5-. The third-order valence-corrected chi connectivity index (χ3v) is 9.67. The molecule has 36 heavy (non-hydrogen) atoms. The molecule has 3 heterocycles. The molecule has 0 atom stereocenters. The maximum atomic E-state index is 13.1. The minimum Gasteiger partial charge on any atom is -0.748 e. The van der Waals surface area contributed by atoms with Gasteiger partial charge in [0.25, 0.3) is 11.5 Å². The van der Waals surface area contributed by atoms with Crippen LogP contribution in [0.1, 0.15) is 6.92 Å². The predicted molar refractivity (Wildman–Crippen MR) is 143 cm³/mol. The molecule has 0 saturated carbocycles. The molecule has 0 unspecified atom stereocenters. The molecule has 1 N–H and O–H groups in total. The summed E-state index contributed by atoms with van der Waals surface area (Å²) in [6.07, 6.45) is 3.27. The topological polar surface area (TPSA) is 140 Å². The van der Waals surface area contributed by atoms with Crippen molar-refractivity contribution >= 4 is 90.1 Å². The highest BCUT2D eigenvalue weighted by molar-refractivity contribution is 8.30. The molecule has 0 spiro atoms. The van der Waals surface area contributed by atoms with E-state index in [1.165, 1.54) is 16.3 Å². The average Bonchev–Trinajstić information content (AvgIpc) is 3.42. The molecule has 0 aliphatic carbocycles. The number of hydrogen-bond acceptors (Lipinski definition) is 11. The first-order valence-electron chi connectivity index (χ1n) is 10.4. The molecule has 2 aromatic rings. The van der Waals surface area contributed by atoms with Crippen LogP contribution in [-0.2, 0) is 26.3 Å². The first-order chi connectivity index (χ1) is 17.0. The Labute approximate surface area is 223 Å². The van der Waals surface area contributed by atoms with Gasteiger partial charge in [0.2, 0.25) is 0 Å². The summed E-state index contributed by atoms with van der Waals surface area (Å²) in [5.74, 6) is -2.33. The molecule has 1 fully saturated rings. The monoisotopic (exact) mass is 584 g/mol. The van der Waals surface area contributed by atoms with Crippen LogP contribution in [-0.4, -0.2) is 62.6 Å². The number of para-hydroxylation sites is 1. The lowest BCUT2D eigenvalue weighted by Crippen LogP contribution is -2.35. The number of carboxylic acids is 1. The molecule has 1 amide bonds. The molecule has 1 saturated heterocycles. The fraction of sp³-hybridized carbons (Fsp3) is 0.238. The van der Waals surface area contributed by atoms with Crippen LogP contribution in [0, 0.1) is 0 Å². The number of benzene rings is 1. The van der Waals surface area contributed by atoms with E-state index < -0.39 is 34.3 Å². The minimum absolute atomic E-state index is 0.0374. The molecule has 1 aromatic heterocycles. The number of nitrogens with zero attached hydrogens (tertiary/aromatic N) is 3. The van der Waals surface area contributed by atoms with Gasteiger partial charge in [-0.25, -0.2) is 8.42 Å². The predicted octanol–water partition coefficient (Wildman–Crippen LogP) is 0.762. The van der Waals surface area contributed by atoms with E-state index in [1.807, 2.05) is 24.3 Å². The number of aliphatic carboxylic acids is 1. The Balaban J connectivity index is 1.77. The number of carbonyl (C=O) groups excluding carboxylic acids is 1. The summed E-state index contributed by atoms with van der Waals surface area (Å²) in [6, 6.07) is 7.34. The van der Waals surface area contributed by atoms with E-state index in [-0.39, 0.29) is 27.9 Å². The van der Waals surface area contributed by atoms with Crippen molar-refractivity contribution in [1.82, 2.24) is 9.47 Å². The van der Waals surface area contributed by atoms with E-state index >= 15 is 0 Å². The van der Waals surface area contributed by atoms with Crippen molar-refractivity contribution < 1.29 is 27.7 Å². The third kappa shape index (κ3) is 5.45. The number of fused-ring (bicyclic) bond motifs is 1. The first-order valence-corrected chi connectivity index (χ1v) is 14.8. The zero-order valence-electron chi connectivity index (χ0n) is 18.6. The molecule has 2 aliphatic rings. The van der Waals surface area contributed by atoms with E-state index in [1.54, 1.807) is 24.0 Å². The number of carbonyl (C=O) groups is 2. The highest BCUT2D eigenvalue weighted by Gasteiger charge is 2.35. The summed E-state index contributed by atoms with van der Waals surface area (Å²) < 4.78 is 35.9. The van der Waals surface area contributed by atoms with E-state index in [0.717, 1.165) is 38.6 Å². The quantitative estimate of drug-likeness (QED) is 0.364. The molecule has 0 bridgehead atoms. The number of thiazole rings is 1. The molecule has 10 nitrogen and oxygen atoms in total. The number of allylic oxidation sites excluding steroid dienone is 1. The number of rotatable bonds is 7. The number of thioether (sulfide) groups is 2. The van der Waals surface area contributed by atoms with Gasteiger partial charge in [0.15, 0.2) is 0 Å². The maximum Gasteiger partial charge on any atom is 0.323 e. The number of carboxylic acid groups (broad SMARTS) is 1. The highest BCUT2D eigenvalue weighted by atomic mass is 32.2. The SMILES string of the molecule is CCn1c(=O)/c(=C/C=C2\Sc3ccccc3N2CCS(=O)(=O)[O-])s/c1=C1/SC(=S)N(CC(=O)O)C1=O. The Kier molecular flexibility index (Phi) is 7.78. The fourth-order valence-electron chi connectivity index (χ4n) is 3.55. The van der Waals surface area contributed by atoms with Crippen LogP contribution in [0.4, 0.5) is 5.69 Å². The van der Waals surface area contributed by atoms with Crippen LogP contribution in [0.25, 0.3) is 11.0 Å². The van der Waals surface area contributed by atoms with E-state index in [2.05, 4.69) is 0 Å². The molecule has 190 valence electrons. The van der Waals surface area contributed by atoms with Gasteiger partial charge in [0, 0.05) is 18.0 Å². The highest BCUT2D eigenvalue weighted by Crippen LogP contribution is 2.45. The van der Waals surface area contributed by atoms with Crippen molar-refractivity contribution in [3.8, 4) is 0 Å². The largest absolute Gasteiger partial charge is 0.748 e. The number of hydrogen-bond donors (Lipinski definition) is 1. The number of aromatic nitrogens is 1. The van der Waals surface area contributed by atoms with E-state index in [0.29, 0.717) is 14.2 Å². The minimum atomic E-state index is -4.43. The van der Waals surface area contributed by atoms with Gasteiger partial charge in [-0.2, -0.15) is 0 Å². The lowest BCUT2D eigenvalue weighted by molar-refractivity contribution is -0.140. The lowest BCUT2D eigenvalue weighted by Gasteiger charge is -2.21. The van der Waals surface area contributed by atoms with Crippen molar-refractivity contribution in [2.45, 2.75) is 18.4 Å². The molecule has 4 rings (SSSR count). The fourth-order valence-corrected chi connectivity index (χ4v) is 7.56. The smallest absolute Gasteiger partial charge is 0.323 e. The van der Waals surface area contributed by atoms with Crippen LogP contribution in [0.5, 0.6) is 0 Å². The van der Waals surface area contributed by atoms with Gasteiger partial charge in [-0.05, 0) is 31.2 Å². The lowest BCUT2D eigenvalue weighted by atomic mass is 10.3. The molecule has 15 heteroatoms. The van der Waals surface area contributed by atoms with Crippen LogP contribution in [0.2, 0.25) is 0 Å². The zero-order chi connectivity index (χ0) is 26.2. The number of amides is 1. The van der Waals surface area contributed by atoms with Gasteiger partial charge in [0.1, 0.15) is 20.4 Å². The maximum absolute atomic E-state index is 13.1. The summed E-state index contributed by atoms with van der Waals surface area (Å²) in [4.78, 5) is 40.8. The van der Waals surface area contributed by atoms with Gasteiger partial charge in [0.05, 0.1) is 31.1 Å². The summed E-state index contributed by atoms with van der Waals surface area (Å²) in [5.41, 5.74) is 0.436. The average molecular weight is 585 g/mol. The van der Waals surface area contributed by atoms with Gasteiger partial charge in [-0.3, -0.25) is 23.9 Å². The molecule has 0 radical (unpaired) electrons. The van der Waals surface area contributed by atoms with Crippen molar-refractivity contribution in [3.05, 3.63) is 54.9 Å². The number of thiocarbonyl (C=S) groups is 1. The second-order valence-electron chi connectivity index (χ2n) is 7.46.